The number of methoxy groups -OCH3 is 1. The van der Waals surface area contributed by atoms with Gasteiger partial charge >= 0.3 is 11.9 Å². The van der Waals surface area contributed by atoms with Crippen LogP contribution in [-0.4, -0.2) is 49.3 Å². The Balaban J connectivity index is 2.15. The molecule has 0 saturated carbocycles. The molecule has 1 heterocycles. The van der Waals surface area contributed by atoms with E-state index in [2.05, 4.69) is 4.74 Å². The van der Waals surface area contributed by atoms with E-state index < -0.39 is 23.9 Å². The Hall–Kier alpha value is -2.41. The van der Waals surface area contributed by atoms with E-state index in [-0.39, 0.29) is 24.3 Å². The quantitative estimate of drug-likeness (QED) is 0.766. The lowest BCUT2D eigenvalue weighted by atomic mass is 10.1. The minimum absolute atomic E-state index is 0.103. The first kappa shape index (κ1) is 15.0. The second kappa shape index (κ2) is 6.36. The molecule has 0 radical (unpaired) electrons. The first-order valence-electron chi connectivity index (χ1n) is 6.32. The van der Waals surface area contributed by atoms with Gasteiger partial charge in [-0.1, -0.05) is 12.1 Å². The number of ether oxygens (including phenoxy) is 2. The number of carbonyl (C=O) groups excluding carboxylic acids is 3. The molecule has 0 aromatic heterocycles. The highest BCUT2D eigenvalue weighted by molar-refractivity contribution is 6.05. The molecule has 7 nitrogen and oxygen atoms in total. The van der Waals surface area contributed by atoms with E-state index in [0.29, 0.717) is 0 Å². The highest BCUT2D eigenvalue weighted by Gasteiger charge is 2.32. The van der Waals surface area contributed by atoms with E-state index in [0.717, 1.165) is 5.06 Å². The van der Waals surface area contributed by atoms with Gasteiger partial charge in [0.15, 0.2) is 0 Å². The second-order valence-corrected chi connectivity index (χ2v) is 4.43. The highest BCUT2D eigenvalue weighted by Crippen LogP contribution is 2.17. The van der Waals surface area contributed by atoms with Crippen LogP contribution < -0.4 is 0 Å². The van der Waals surface area contributed by atoms with Crippen LogP contribution in [0, 0.1) is 0 Å². The van der Waals surface area contributed by atoms with Gasteiger partial charge in [0.25, 0.3) is 5.91 Å². The zero-order valence-electron chi connectivity index (χ0n) is 11.7. The molecule has 112 valence electrons. The van der Waals surface area contributed by atoms with E-state index in [9.17, 15) is 14.4 Å². The number of carbonyl (C=O) groups is 3. The van der Waals surface area contributed by atoms with Crippen LogP contribution in [0.15, 0.2) is 24.3 Å². The fourth-order valence-corrected chi connectivity index (χ4v) is 2.00. The van der Waals surface area contributed by atoms with E-state index >= 15 is 0 Å². The van der Waals surface area contributed by atoms with Gasteiger partial charge in [0.2, 0.25) is 0 Å². The lowest BCUT2D eigenvalue weighted by Gasteiger charge is -2.15. The first-order valence-corrected chi connectivity index (χ1v) is 6.32. The van der Waals surface area contributed by atoms with Crippen molar-refractivity contribution in [1.29, 1.82) is 0 Å². The average Bonchev–Trinajstić information content (AvgIpc) is 2.93. The summed E-state index contributed by atoms with van der Waals surface area (Å²) in [5.41, 5.74) is 0.331. The minimum atomic E-state index is -0.602. The lowest BCUT2D eigenvalue weighted by Crippen LogP contribution is -2.31. The molecule has 1 amide bonds. The van der Waals surface area contributed by atoms with Gasteiger partial charge in [0.1, 0.15) is 12.7 Å². The molecule has 0 N–H and O–H groups in total. The molecular formula is C14H15NO6. The number of esters is 2. The maximum Gasteiger partial charge on any atom is 0.338 e. The van der Waals surface area contributed by atoms with Crippen molar-refractivity contribution >= 4 is 17.8 Å². The van der Waals surface area contributed by atoms with Crippen molar-refractivity contribution < 1.29 is 28.7 Å². The molecule has 0 aliphatic carbocycles. The molecule has 0 bridgehead atoms. The fraction of sp³-hybridized carbons (Fsp3) is 0.357. The van der Waals surface area contributed by atoms with Crippen molar-refractivity contribution in [2.24, 2.45) is 0 Å². The number of amides is 1. The molecule has 7 heteroatoms. The first-order chi connectivity index (χ1) is 10.0. The third-order valence-corrected chi connectivity index (χ3v) is 2.91. The zero-order chi connectivity index (χ0) is 15.4. The van der Waals surface area contributed by atoms with Crippen molar-refractivity contribution in [3.63, 3.8) is 0 Å². The van der Waals surface area contributed by atoms with Crippen LogP contribution in [0.1, 0.15) is 27.6 Å². The smallest absolute Gasteiger partial charge is 0.338 e. The summed E-state index contributed by atoms with van der Waals surface area (Å²) in [6.07, 6.45) is -0.503. The summed E-state index contributed by atoms with van der Waals surface area (Å²) in [4.78, 5) is 40.1. The molecule has 1 aromatic carbocycles. The van der Waals surface area contributed by atoms with Gasteiger partial charge in [-0.15, -0.1) is 0 Å². The van der Waals surface area contributed by atoms with Gasteiger partial charge in [-0.2, -0.15) is 0 Å². The molecule has 1 aliphatic rings. The van der Waals surface area contributed by atoms with Gasteiger partial charge < -0.3 is 9.47 Å². The van der Waals surface area contributed by atoms with Crippen LogP contribution in [0.4, 0.5) is 0 Å². The molecular weight excluding hydrogens is 278 g/mol. The Bertz CT molecular complexity index is 570. The maximum atomic E-state index is 12.4. The standard InChI is InChI=1S/C14H15NO6/c1-9(16)21-10-7-15(20-8-10)13(17)11-5-3-4-6-12(11)14(18)19-2/h3-6,10H,7-8H2,1-2H3/t10-/m0/s1. The Kier molecular flexibility index (Phi) is 4.54. The minimum Gasteiger partial charge on any atom is -0.465 e. The van der Waals surface area contributed by atoms with Crippen LogP contribution in [0.2, 0.25) is 0 Å². The van der Waals surface area contributed by atoms with E-state index in [4.69, 9.17) is 9.57 Å². The third kappa shape index (κ3) is 3.38. The predicted octanol–water partition coefficient (Wildman–Crippen LogP) is 0.792. The summed E-state index contributed by atoms with van der Waals surface area (Å²) in [6.45, 7) is 1.51. The van der Waals surface area contributed by atoms with Crippen molar-refractivity contribution in [2.45, 2.75) is 13.0 Å². The number of benzene rings is 1. The molecule has 2 rings (SSSR count). The highest BCUT2D eigenvalue weighted by atomic mass is 16.7. The van der Waals surface area contributed by atoms with Gasteiger partial charge in [0.05, 0.1) is 24.8 Å². The second-order valence-electron chi connectivity index (χ2n) is 4.43. The summed E-state index contributed by atoms with van der Waals surface area (Å²) in [6, 6.07) is 6.28. The van der Waals surface area contributed by atoms with E-state index in [1.54, 1.807) is 12.1 Å². The van der Waals surface area contributed by atoms with Crippen LogP contribution in [0.25, 0.3) is 0 Å². The maximum absolute atomic E-state index is 12.4. The number of hydrogen-bond donors (Lipinski definition) is 0. The molecule has 21 heavy (non-hydrogen) atoms. The monoisotopic (exact) mass is 293 g/mol. The average molecular weight is 293 g/mol. The molecule has 0 spiro atoms. The van der Waals surface area contributed by atoms with Gasteiger partial charge in [-0.25, -0.2) is 9.86 Å². The molecule has 1 aliphatic heterocycles. The molecule has 1 aromatic rings. The van der Waals surface area contributed by atoms with Gasteiger partial charge in [0, 0.05) is 6.92 Å². The predicted molar refractivity (Wildman–Crippen MR) is 70.3 cm³/mol. The van der Waals surface area contributed by atoms with Crippen molar-refractivity contribution in [1.82, 2.24) is 5.06 Å². The van der Waals surface area contributed by atoms with Crippen molar-refractivity contribution in [3.8, 4) is 0 Å². The molecule has 0 unspecified atom stereocenters. The topological polar surface area (TPSA) is 82.1 Å². The Morgan fingerprint density at radius 2 is 1.90 bits per heavy atom. The Morgan fingerprint density at radius 1 is 1.24 bits per heavy atom. The number of hydrogen-bond acceptors (Lipinski definition) is 6. The number of rotatable bonds is 3. The summed E-state index contributed by atoms with van der Waals surface area (Å²) in [5.74, 6) is -1.52. The Morgan fingerprint density at radius 3 is 2.52 bits per heavy atom. The number of hydroxylamine groups is 2. The SMILES string of the molecule is COC(=O)c1ccccc1C(=O)N1C[C@H](OC(C)=O)CO1. The Labute approximate surface area is 121 Å². The summed E-state index contributed by atoms with van der Waals surface area (Å²) in [7, 11) is 1.24. The largest absolute Gasteiger partial charge is 0.465 e. The van der Waals surface area contributed by atoms with Crippen LogP contribution in [-0.2, 0) is 19.1 Å². The normalized spacial score (nSPS) is 17.4. The fourth-order valence-electron chi connectivity index (χ4n) is 2.00. The zero-order valence-corrected chi connectivity index (χ0v) is 11.7. The summed E-state index contributed by atoms with van der Waals surface area (Å²) >= 11 is 0. The lowest BCUT2D eigenvalue weighted by molar-refractivity contribution is -0.145. The summed E-state index contributed by atoms with van der Waals surface area (Å²) < 4.78 is 9.62. The van der Waals surface area contributed by atoms with E-state index in [1.807, 2.05) is 0 Å². The molecule has 1 fully saturated rings. The van der Waals surface area contributed by atoms with Crippen LogP contribution in [0.3, 0.4) is 0 Å². The van der Waals surface area contributed by atoms with Gasteiger partial charge in [-0.3, -0.25) is 14.4 Å². The van der Waals surface area contributed by atoms with Crippen molar-refractivity contribution in [2.75, 3.05) is 20.3 Å². The van der Waals surface area contributed by atoms with Crippen LogP contribution in [0.5, 0.6) is 0 Å². The van der Waals surface area contributed by atoms with Gasteiger partial charge in [-0.05, 0) is 12.1 Å². The van der Waals surface area contributed by atoms with Crippen molar-refractivity contribution in [3.05, 3.63) is 35.4 Å². The summed E-state index contributed by atoms with van der Waals surface area (Å²) in [5, 5.41) is 1.08. The van der Waals surface area contributed by atoms with E-state index in [1.165, 1.54) is 26.2 Å². The third-order valence-electron chi connectivity index (χ3n) is 2.91. The molecule has 1 atom stereocenters. The molecule has 1 saturated heterocycles. The van der Waals surface area contributed by atoms with Crippen LogP contribution >= 0.6 is 0 Å². The number of nitrogens with zero attached hydrogens (tertiary/aromatic N) is 1.